The highest BCUT2D eigenvalue weighted by Crippen LogP contribution is 2.22. The third-order valence-electron chi connectivity index (χ3n) is 4.93. The fourth-order valence-corrected chi connectivity index (χ4v) is 3.38. The lowest BCUT2D eigenvalue weighted by Crippen LogP contribution is -2.33. The number of guanidine groups is 1. The molecule has 4 rings (SSSR count). The maximum atomic E-state index is 5.02. The number of nitrogens with zero attached hydrogens (tertiary/aromatic N) is 2. The number of aryl methyl sites for hydroxylation is 1. The molecular weight excluding hydrogens is 354 g/mol. The number of anilines is 1. The van der Waals surface area contributed by atoms with Crippen LogP contribution in [0.15, 0.2) is 83.9 Å². The molecule has 1 heterocycles. The Morgan fingerprint density at radius 1 is 0.862 bits per heavy atom. The smallest absolute Gasteiger partial charge is 0.203 e. The highest BCUT2D eigenvalue weighted by atomic mass is 15.3. The molecule has 0 aromatic heterocycles. The molecule has 0 bridgehead atoms. The molecule has 1 aliphatic rings. The van der Waals surface area contributed by atoms with Crippen LogP contribution in [0.1, 0.15) is 29.5 Å². The Morgan fingerprint density at radius 2 is 1.55 bits per heavy atom. The second-order valence-electron chi connectivity index (χ2n) is 7.26. The Kier molecular flexibility index (Phi) is 5.92. The molecule has 1 aliphatic heterocycles. The highest BCUT2D eigenvalue weighted by molar-refractivity contribution is 5.95. The van der Waals surface area contributed by atoms with Gasteiger partial charge in [-0.1, -0.05) is 54.3 Å². The van der Waals surface area contributed by atoms with E-state index in [9.17, 15) is 0 Å². The maximum absolute atomic E-state index is 5.02. The first kappa shape index (κ1) is 18.8. The first-order chi connectivity index (χ1) is 14.3. The van der Waals surface area contributed by atoms with Crippen LogP contribution in [0, 0.1) is 18.8 Å². The molecular formula is C26H25N3. The van der Waals surface area contributed by atoms with Crippen LogP contribution in [0.4, 0.5) is 11.4 Å². The zero-order chi connectivity index (χ0) is 19.9. The zero-order valence-corrected chi connectivity index (χ0v) is 16.7. The number of nitrogens with one attached hydrogen (secondary N) is 1. The summed E-state index contributed by atoms with van der Waals surface area (Å²) in [6.45, 7) is 4.13. The SMILES string of the molecule is Cc1ccc(N=C(Nc2ccccc2)N2CCCC2)c(C#Cc2ccccc2)c1. The first-order valence-electron chi connectivity index (χ1n) is 10.1. The minimum atomic E-state index is 0.889. The summed E-state index contributed by atoms with van der Waals surface area (Å²) in [7, 11) is 0. The summed E-state index contributed by atoms with van der Waals surface area (Å²) in [5.41, 5.74) is 5.07. The van der Waals surface area contributed by atoms with Crippen molar-refractivity contribution in [1.82, 2.24) is 4.90 Å². The van der Waals surface area contributed by atoms with Crippen molar-refractivity contribution in [2.24, 2.45) is 4.99 Å². The van der Waals surface area contributed by atoms with E-state index in [2.05, 4.69) is 59.3 Å². The predicted octanol–water partition coefficient (Wildman–Crippen LogP) is 5.59. The number of para-hydroxylation sites is 1. The van der Waals surface area contributed by atoms with Crippen molar-refractivity contribution in [2.45, 2.75) is 19.8 Å². The van der Waals surface area contributed by atoms with Crippen LogP contribution in [0.2, 0.25) is 0 Å². The summed E-state index contributed by atoms with van der Waals surface area (Å²) in [6, 6.07) is 26.6. The third kappa shape index (κ3) is 5.06. The fraction of sp³-hybridized carbons (Fsp3) is 0.192. The zero-order valence-electron chi connectivity index (χ0n) is 16.7. The normalized spacial score (nSPS) is 13.7. The summed E-state index contributed by atoms with van der Waals surface area (Å²) in [4.78, 5) is 7.34. The summed E-state index contributed by atoms with van der Waals surface area (Å²) in [6.07, 6.45) is 2.40. The lowest BCUT2D eigenvalue weighted by molar-refractivity contribution is 0.518. The summed E-state index contributed by atoms with van der Waals surface area (Å²) >= 11 is 0. The average molecular weight is 380 g/mol. The molecule has 144 valence electrons. The Labute approximate surface area is 173 Å². The summed E-state index contributed by atoms with van der Waals surface area (Å²) in [5.74, 6) is 7.48. The number of rotatable bonds is 2. The molecule has 0 amide bonds. The molecule has 3 nitrogen and oxygen atoms in total. The van der Waals surface area contributed by atoms with Crippen LogP contribution >= 0.6 is 0 Å². The monoisotopic (exact) mass is 379 g/mol. The molecule has 1 N–H and O–H groups in total. The van der Waals surface area contributed by atoms with Crippen molar-refractivity contribution >= 4 is 17.3 Å². The minimum absolute atomic E-state index is 0.889. The van der Waals surface area contributed by atoms with Gasteiger partial charge in [-0.15, -0.1) is 0 Å². The van der Waals surface area contributed by atoms with E-state index in [1.54, 1.807) is 0 Å². The largest absolute Gasteiger partial charge is 0.342 e. The molecule has 0 aliphatic carbocycles. The Balaban J connectivity index is 1.71. The van der Waals surface area contributed by atoms with E-state index >= 15 is 0 Å². The van der Waals surface area contributed by atoms with Gasteiger partial charge in [-0.25, -0.2) is 4.99 Å². The number of hydrogen-bond acceptors (Lipinski definition) is 1. The van der Waals surface area contributed by atoms with Gasteiger partial charge in [-0.3, -0.25) is 0 Å². The van der Waals surface area contributed by atoms with Crippen molar-refractivity contribution in [3.8, 4) is 11.8 Å². The fourth-order valence-electron chi connectivity index (χ4n) is 3.38. The molecule has 3 heteroatoms. The van der Waals surface area contributed by atoms with Crippen molar-refractivity contribution in [3.63, 3.8) is 0 Å². The topological polar surface area (TPSA) is 27.6 Å². The highest BCUT2D eigenvalue weighted by Gasteiger charge is 2.17. The minimum Gasteiger partial charge on any atom is -0.342 e. The van der Waals surface area contributed by atoms with E-state index < -0.39 is 0 Å². The number of aliphatic imine (C=N–C) groups is 1. The summed E-state index contributed by atoms with van der Waals surface area (Å²) < 4.78 is 0. The predicted molar refractivity (Wildman–Crippen MR) is 122 cm³/mol. The maximum Gasteiger partial charge on any atom is 0.203 e. The Bertz CT molecular complexity index is 1040. The van der Waals surface area contributed by atoms with Gasteiger partial charge in [0.25, 0.3) is 0 Å². The van der Waals surface area contributed by atoms with Gasteiger partial charge in [-0.2, -0.15) is 0 Å². The van der Waals surface area contributed by atoms with Crippen LogP contribution in [-0.4, -0.2) is 23.9 Å². The van der Waals surface area contributed by atoms with Gasteiger partial charge in [-0.05, 0) is 61.7 Å². The van der Waals surface area contributed by atoms with E-state index in [0.29, 0.717) is 0 Å². The Morgan fingerprint density at radius 3 is 2.28 bits per heavy atom. The molecule has 0 spiro atoms. The van der Waals surface area contributed by atoms with Gasteiger partial charge in [0.1, 0.15) is 0 Å². The van der Waals surface area contributed by atoms with Gasteiger partial charge >= 0.3 is 0 Å². The quantitative estimate of drug-likeness (QED) is 0.357. The third-order valence-corrected chi connectivity index (χ3v) is 4.93. The van der Waals surface area contributed by atoms with Gasteiger partial charge in [0.2, 0.25) is 5.96 Å². The lowest BCUT2D eigenvalue weighted by Gasteiger charge is -2.21. The van der Waals surface area contributed by atoms with Gasteiger partial charge < -0.3 is 10.2 Å². The molecule has 1 saturated heterocycles. The molecule has 29 heavy (non-hydrogen) atoms. The number of benzene rings is 3. The van der Waals surface area contributed by atoms with E-state index in [1.807, 2.05) is 48.5 Å². The average Bonchev–Trinajstić information content (AvgIpc) is 3.30. The van der Waals surface area contributed by atoms with Gasteiger partial charge in [0.05, 0.1) is 11.3 Å². The second-order valence-corrected chi connectivity index (χ2v) is 7.26. The molecule has 3 aromatic rings. The Hall–Kier alpha value is -3.51. The van der Waals surface area contributed by atoms with Gasteiger partial charge in [0.15, 0.2) is 0 Å². The van der Waals surface area contributed by atoms with Crippen molar-refractivity contribution < 1.29 is 0 Å². The van der Waals surface area contributed by atoms with E-state index in [4.69, 9.17) is 4.99 Å². The molecule has 1 fully saturated rings. The van der Waals surface area contributed by atoms with E-state index in [-0.39, 0.29) is 0 Å². The summed E-state index contributed by atoms with van der Waals surface area (Å²) in [5, 5.41) is 3.51. The van der Waals surface area contributed by atoms with Crippen molar-refractivity contribution in [2.75, 3.05) is 18.4 Å². The van der Waals surface area contributed by atoms with E-state index in [1.165, 1.54) is 18.4 Å². The molecule has 3 aromatic carbocycles. The van der Waals surface area contributed by atoms with Gasteiger partial charge in [0, 0.05) is 24.3 Å². The van der Waals surface area contributed by atoms with Crippen LogP contribution in [0.5, 0.6) is 0 Å². The lowest BCUT2D eigenvalue weighted by atomic mass is 10.1. The molecule has 0 unspecified atom stereocenters. The second kappa shape index (κ2) is 9.12. The van der Waals surface area contributed by atoms with Crippen molar-refractivity contribution in [3.05, 3.63) is 95.6 Å². The van der Waals surface area contributed by atoms with E-state index in [0.717, 1.165) is 41.6 Å². The molecule has 0 saturated carbocycles. The number of hydrogen-bond donors (Lipinski definition) is 1. The van der Waals surface area contributed by atoms with Crippen LogP contribution in [0.3, 0.4) is 0 Å². The molecule has 0 atom stereocenters. The van der Waals surface area contributed by atoms with Crippen LogP contribution in [0.25, 0.3) is 0 Å². The van der Waals surface area contributed by atoms with Crippen LogP contribution in [-0.2, 0) is 0 Å². The molecule has 0 radical (unpaired) electrons. The first-order valence-corrected chi connectivity index (χ1v) is 10.1. The van der Waals surface area contributed by atoms with Crippen LogP contribution < -0.4 is 5.32 Å². The number of likely N-dealkylation sites (tertiary alicyclic amines) is 1. The standard InChI is InChI=1S/C26H25N3/c1-21-14-17-25(23(20-21)16-15-22-10-4-2-5-11-22)28-26(29-18-8-9-19-29)27-24-12-6-3-7-13-24/h2-7,10-14,17,20H,8-9,18-19H2,1H3,(H,27,28). The van der Waals surface area contributed by atoms with Crippen molar-refractivity contribution in [1.29, 1.82) is 0 Å².